The molecule has 0 radical (unpaired) electrons. The number of rotatable bonds is 3. The fourth-order valence-corrected chi connectivity index (χ4v) is 1.98. The van der Waals surface area contributed by atoms with Crippen LogP contribution < -0.4 is 4.90 Å². The molecule has 0 unspecified atom stereocenters. The predicted octanol–water partition coefficient (Wildman–Crippen LogP) is 3.06. The smallest absolute Gasteiger partial charge is 0.311 e. The summed E-state index contributed by atoms with van der Waals surface area (Å²) in [6.07, 6.45) is 1.20. The van der Waals surface area contributed by atoms with Gasteiger partial charge in [-0.05, 0) is 24.3 Å². The summed E-state index contributed by atoms with van der Waals surface area (Å²) in [6.45, 7) is 0. The number of anilines is 1. The van der Waals surface area contributed by atoms with Crippen molar-refractivity contribution >= 4 is 28.9 Å². The van der Waals surface area contributed by atoms with E-state index in [-0.39, 0.29) is 16.4 Å². The van der Waals surface area contributed by atoms with Crippen LogP contribution in [0.5, 0.6) is 0 Å². The first-order valence-electron chi connectivity index (χ1n) is 5.74. The van der Waals surface area contributed by atoms with Crippen molar-refractivity contribution < 1.29 is 14.1 Å². The van der Waals surface area contributed by atoms with Crippen LogP contribution in [0.15, 0.2) is 36.5 Å². The normalized spacial score (nSPS) is 10.2. The highest BCUT2D eigenvalue weighted by atomic mass is 35.5. The predicted molar refractivity (Wildman–Crippen MR) is 75.0 cm³/mol. The number of aromatic nitrogens is 1. The summed E-state index contributed by atoms with van der Waals surface area (Å²) < 4.78 is 13.2. The first-order valence-corrected chi connectivity index (χ1v) is 6.12. The minimum absolute atomic E-state index is 0.216. The molecular formula is C13H9ClFN3O3. The molecule has 0 spiro atoms. The van der Waals surface area contributed by atoms with Crippen LogP contribution in [-0.2, 0) is 0 Å². The molecule has 0 aliphatic heterocycles. The summed E-state index contributed by atoms with van der Waals surface area (Å²) in [5, 5.41) is 10.6. The first-order chi connectivity index (χ1) is 9.91. The van der Waals surface area contributed by atoms with E-state index in [0.717, 1.165) is 11.0 Å². The maximum Gasteiger partial charge on any atom is 0.319 e. The first kappa shape index (κ1) is 14.9. The molecule has 2 rings (SSSR count). The van der Waals surface area contributed by atoms with Crippen LogP contribution in [0.1, 0.15) is 10.4 Å². The Morgan fingerprint density at radius 1 is 1.43 bits per heavy atom. The van der Waals surface area contributed by atoms with Gasteiger partial charge in [-0.3, -0.25) is 14.9 Å². The van der Waals surface area contributed by atoms with Gasteiger partial charge in [0.05, 0.1) is 4.92 Å². The molecule has 0 atom stereocenters. The lowest BCUT2D eigenvalue weighted by atomic mass is 10.2. The van der Waals surface area contributed by atoms with E-state index >= 15 is 0 Å². The van der Waals surface area contributed by atoms with Crippen LogP contribution in [0.2, 0.25) is 5.15 Å². The number of nitrogens with zero attached hydrogens (tertiary/aromatic N) is 3. The van der Waals surface area contributed by atoms with Crippen molar-refractivity contribution in [3.05, 3.63) is 63.2 Å². The van der Waals surface area contributed by atoms with Crippen LogP contribution in [0.4, 0.5) is 15.8 Å². The van der Waals surface area contributed by atoms with Gasteiger partial charge in [-0.1, -0.05) is 17.7 Å². The standard InChI is InChI=1S/C13H9ClFN3O3/c1-17(9-4-2-3-8(15)7-9)13(19)10-5-6-16-12(14)11(10)18(20)21/h2-7H,1H3. The zero-order chi connectivity index (χ0) is 15.6. The molecule has 0 aliphatic carbocycles. The number of carbonyl (C=O) groups excluding carboxylic acids is 1. The second-order valence-electron chi connectivity index (χ2n) is 4.10. The van der Waals surface area contributed by atoms with Crippen LogP contribution in [0, 0.1) is 15.9 Å². The van der Waals surface area contributed by atoms with Gasteiger partial charge in [0.1, 0.15) is 11.4 Å². The van der Waals surface area contributed by atoms with Gasteiger partial charge in [0.15, 0.2) is 0 Å². The molecule has 108 valence electrons. The third kappa shape index (κ3) is 2.97. The van der Waals surface area contributed by atoms with Gasteiger partial charge < -0.3 is 4.90 Å². The van der Waals surface area contributed by atoms with Gasteiger partial charge in [-0.2, -0.15) is 0 Å². The summed E-state index contributed by atoms with van der Waals surface area (Å²) >= 11 is 5.66. The summed E-state index contributed by atoms with van der Waals surface area (Å²) in [6, 6.07) is 6.51. The molecule has 1 amide bonds. The van der Waals surface area contributed by atoms with Crippen molar-refractivity contribution in [1.29, 1.82) is 0 Å². The Balaban J connectivity index is 2.45. The van der Waals surface area contributed by atoms with Crippen LogP contribution in [-0.4, -0.2) is 22.9 Å². The second kappa shape index (κ2) is 5.84. The molecule has 0 fully saturated rings. The van der Waals surface area contributed by atoms with Gasteiger partial charge in [0, 0.05) is 18.9 Å². The fraction of sp³-hybridized carbons (Fsp3) is 0.0769. The van der Waals surface area contributed by atoms with Crippen molar-refractivity contribution in [2.24, 2.45) is 0 Å². The van der Waals surface area contributed by atoms with E-state index in [2.05, 4.69) is 4.98 Å². The highest BCUT2D eigenvalue weighted by molar-refractivity contribution is 6.32. The molecule has 0 saturated carbocycles. The number of benzene rings is 1. The number of carbonyl (C=O) groups is 1. The van der Waals surface area contributed by atoms with Crippen molar-refractivity contribution in [1.82, 2.24) is 4.98 Å². The van der Waals surface area contributed by atoms with E-state index in [9.17, 15) is 19.3 Å². The van der Waals surface area contributed by atoms with Crippen LogP contribution in [0.25, 0.3) is 0 Å². The molecule has 0 aliphatic rings. The maximum absolute atomic E-state index is 13.2. The van der Waals surface area contributed by atoms with E-state index in [0.29, 0.717) is 0 Å². The Labute approximate surface area is 123 Å². The lowest BCUT2D eigenvalue weighted by molar-refractivity contribution is -0.385. The third-order valence-corrected chi connectivity index (χ3v) is 3.07. The Kier molecular flexibility index (Phi) is 4.13. The largest absolute Gasteiger partial charge is 0.319 e. The molecule has 1 aromatic heterocycles. The number of pyridine rings is 1. The van der Waals surface area contributed by atoms with Gasteiger partial charge in [0.2, 0.25) is 5.15 Å². The number of amides is 1. The number of hydrogen-bond donors (Lipinski definition) is 0. The summed E-state index contributed by atoms with van der Waals surface area (Å²) in [7, 11) is 1.38. The lowest BCUT2D eigenvalue weighted by Gasteiger charge is -2.17. The zero-order valence-corrected chi connectivity index (χ0v) is 11.5. The van der Waals surface area contributed by atoms with E-state index in [1.807, 2.05) is 0 Å². The average molecular weight is 310 g/mol. The van der Waals surface area contributed by atoms with Crippen molar-refractivity contribution in [3.63, 3.8) is 0 Å². The minimum atomic E-state index is -0.776. The van der Waals surface area contributed by atoms with E-state index in [1.54, 1.807) is 0 Å². The van der Waals surface area contributed by atoms with Gasteiger partial charge in [-0.15, -0.1) is 0 Å². The molecule has 0 bridgehead atoms. The molecule has 1 heterocycles. The maximum atomic E-state index is 13.2. The van der Waals surface area contributed by atoms with Crippen LogP contribution in [0.3, 0.4) is 0 Å². The highest BCUT2D eigenvalue weighted by Crippen LogP contribution is 2.28. The molecule has 2 aromatic rings. The van der Waals surface area contributed by atoms with Crippen LogP contribution >= 0.6 is 11.6 Å². The third-order valence-electron chi connectivity index (χ3n) is 2.79. The van der Waals surface area contributed by atoms with Crippen molar-refractivity contribution in [2.45, 2.75) is 0 Å². The summed E-state index contributed by atoms with van der Waals surface area (Å²) in [5.74, 6) is -1.20. The number of nitro groups is 1. The summed E-state index contributed by atoms with van der Waals surface area (Å²) in [4.78, 5) is 27.3. The SMILES string of the molecule is CN(C(=O)c1ccnc(Cl)c1[N+](=O)[O-])c1cccc(F)c1. The Bertz CT molecular complexity index is 724. The average Bonchev–Trinajstić information content (AvgIpc) is 2.45. The Hall–Kier alpha value is -2.54. The number of hydrogen-bond acceptors (Lipinski definition) is 4. The van der Waals surface area contributed by atoms with Gasteiger partial charge in [-0.25, -0.2) is 9.37 Å². The quantitative estimate of drug-likeness (QED) is 0.496. The van der Waals surface area contributed by atoms with Gasteiger partial charge >= 0.3 is 5.69 Å². The van der Waals surface area contributed by atoms with E-state index < -0.39 is 22.3 Å². The molecule has 0 N–H and O–H groups in total. The molecule has 0 saturated heterocycles. The monoisotopic (exact) mass is 309 g/mol. The van der Waals surface area contributed by atoms with E-state index in [1.165, 1.54) is 37.5 Å². The topological polar surface area (TPSA) is 76.3 Å². The molecular weight excluding hydrogens is 301 g/mol. The van der Waals surface area contributed by atoms with Gasteiger partial charge in [0.25, 0.3) is 5.91 Å². The number of halogens is 2. The minimum Gasteiger partial charge on any atom is -0.311 e. The molecule has 21 heavy (non-hydrogen) atoms. The molecule has 1 aromatic carbocycles. The fourth-order valence-electron chi connectivity index (χ4n) is 1.76. The molecule has 6 nitrogen and oxygen atoms in total. The lowest BCUT2D eigenvalue weighted by Crippen LogP contribution is -2.27. The second-order valence-corrected chi connectivity index (χ2v) is 4.46. The molecule has 8 heteroatoms. The Morgan fingerprint density at radius 3 is 2.76 bits per heavy atom. The van der Waals surface area contributed by atoms with Crippen molar-refractivity contribution in [3.8, 4) is 0 Å². The van der Waals surface area contributed by atoms with Crippen molar-refractivity contribution in [2.75, 3.05) is 11.9 Å². The summed E-state index contributed by atoms with van der Waals surface area (Å²) in [5.41, 5.74) is -0.526. The van der Waals surface area contributed by atoms with E-state index in [4.69, 9.17) is 11.6 Å². The zero-order valence-electron chi connectivity index (χ0n) is 10.8. The highest BCUT2D eigenvalue weighted by Gasteiger charge is 2.27. The Morgan fingerprint density at radius 2 is 2.14 bits per heavy atom.